The number of aromatic nitrogens is 3. The zero-order valence-corrected chi connectivity index (χ0v) is 44.7. The van der Waals surface area contributed by atoms with Crippen LogP contribution in [0.3, 0.4) is 0 Å². The number of aliphatic imine (C=N–C) groups is 2. The van der Waals surface area contributed by atoms with E-state index in [1.165, 1.54) is 26.4 Å². The fraction of sp³-hybridized carbons (Fsp3) is 0.429. The fourth-order valence-electron chi connectivity index (χ4n) is 8.05. The van der Waals surface area contributed by atoms with Crippen LogP contribution in [0, 0.1) is 0 Å². The SMILES string of the molecule is CC(=O)N[C@@H](CCCN=C(N)N)C(=O)NC1CSSC[C@@H](C(N)=O)NC(=O)[C@H](Cc2c[nH]c3ccccc23)NC(=O)[C@H](CCCN=C(N)N)NC(=O)[C@@H](Cc2ccccc2)NC(=O)C(Cc2cnc[nH]2)NC(=O)[C@@H](C)NC1=O. The van der Waals surface area contributed by atoms with Crippen LogP contribution in [0.1, 0.15) is 56.4 Å². The molecule has 2 aromatic heterocycles. The van der Waals surface area contributed by atoms with Crippen molar-refractivity contribution in [2.75, 3.05) is 24.6 Å². The molecule has 9 amide bonds. The molecule has 0 saturated carbocycles. The Morgan fingerprint density at radius 2 is 1.27 bits per heavy atom. The molecule has 2 unspecified atom stereocenters. The average Bonchev–Trinajstić information content (AvgIpc) is 4.10. The molecule has 420 valence electrons. The lowest BCUT2D eigenvalue weighted by atomic mass is 10.0. The van der Waals surface area contributed by atoms with Crippen molar-refractivity contribution < 1.29 is 43.2 Å². The van der Waals surface area contributed by atoms with Gasteiger partial charge in [-0.15, -0.1) is 0 Å². The van der Waals surface area contributed by atoms with Gasteiger partial charge in [-0.05, 0) is 49.8 Å². The van der Waals surface area contributed by atoms with Gasteiger partial charge in [0.25, 0.3) is 0 Å². The summed E-state index contributed by atoms with van der Waals surface area (Å²) in [5.74, 6) is -7.96. The number of hydrogen-bond acceptors (Lipinski definition) is 14. The standard InChI is InChI=1S/C49H68N18O9S2/c1-26-41(70)63-37(20-30-22-55-25-59-30)46(75)64-35(18-28-10-4-3-5-11-28)44(73)62-34(15-9-17-57-49(53)54)43(72)65-36(19-29-21-58-32-13-7-6-12-31(29)32)45(74)66-38(40(50)69)23-77-78-24-39(47(76)60-26)67-42(71)33(61-27(2)68)14-8-16-56-48(51)52/h3-7,10-13,21-22,25-26,33-39,58H,8-9,14-20,23-24H2,1-2H3,(H2,50,69)(H,55,59)(H,60,76)(H,61,68)(H,62,73)(H,63,70)(H,64,75)(H,65,72)(H,66,74)(H,67,71)(H4,51,52,56)(H4,53,54,57)/t26-,33+,34+,35-,36+,37?,38+,39?/m1/s1. The monoisotopic (exact) mass is 1120 g/mol. The molecule has 8 atom stereocenters. The number of amides is 9. The van der Waals surface area contributed by atoms with Crippen LogP contribution in [0.5, 0.6) is 0 Å². The topological polar surface area (TPSA) is 449 Å². The number of guanidine groups is 2. The quantitative estimate of drug-likeness (QED) is 0.0202. The zero-order chi connectivity index (χ0) is 56.7. The van der Waals surface area contributed by atoms with Gasteiger partial charge in [-0.2, -0.15) is 0 Å². The number of fused-ring (bicyclic) bond motifs is 1. The van der Waals surface area contributed by atoms with Crippen molar-refractivity contribution in [2.45, 2.75) is 107 Å². The van der Waals surface area contributed by atoms with E-state index in [-0.39, 0.29) is 81.5 Å². The van der Waals surface area contributed by atoms with Crippen LogP contribution in [-0.4, -0.2) is 153 Å². The van der Waals surface area contributed by atoms with Gasteiger partial charge in [0.05, 0.1) is 6.33 Å². The van der Waals surface area contributed by atoms with Gasteiger partial charge in [-0.25, -0.2) is 4.98 Å². The second-order valence-corrected chi connectivity index (χ2v) is 20.8. The number of nitrogens with two attached hydrogens (primary N) is 5. The minimum atomic E-state index is -1.40. The second kappa shape index (κ2) is 30.4. The molecule has 29 heteroatoms. The van der Waals surface area contributed by atoms with Crippen LogP contribution in [0.25, 0.3) is 10.9 Å². The molecule has 1 fully saturated rings. The number of nitrogens with zero attached hydrogens (tertiary/aromatic N) is 3. The van der Waals surface area contributed by atoms with Gasteiger partial charge >= 0.3 is 0 Å². The molecule has 78 heavy (non-hydrogen) atoms. The summed E-state index contributed by atoms with van der Waals surface area (Å²) in [5.41, 5.74) is 30.3. The van der Waals surface area contributed by atoms with E-state index in [1.54, 1.807) is 42.6 Å². The van der Waals surface area contributed by atoms with Crippen molar-refractivity contribution in [1.29, 1.82) is 0 Å². The van der Waals surface area contributed by atoms with E-state index < -0.39 is 101 Å². The highest BCUT2D eigenvalue weighted by Gasteiger charge is 2.35. The summed E-state index contributed by atoms with van der Waals surface area (Å²) in [6, 6.07) is 5.16. The van der Waals surface area contributed by atoms with E-state index in [0.29, 0.717) is 16.8 Å². The lowest BCUT2D eigenvalue weighted by Crippen LogP contribution is -2.61. The van der Waals surface area contributed by atoms with Gasteiger partial charge in [-0.3, -0.25) is 53.1 Å². The molecule has 0 bridgehead atoms. The number of hydrogen-bond donors (Lipinski definition) is 15. The maximum absolute atomic E-state index is 14.6. The Balaban J connectivity index is 1.55. The molecular formula is C49H68N18O9S2. The van der Waals surface area contributed by atoms with E-state index >= 15 is 0 Å². The maximum atomic E-state index is 14.6. The van der Waals surface area contributed by atoms with Crippen molar-refractivity contribution >= 4 is 97.6 Å². The molecule has 0 radical (unpaired) electrons. The molecule has 1 aliphatic rings. The number of para-hydroxylation sites is 1. The first-order chi connectivity index (χ1) is 37.3. The van der Waals surface area contributed by atoms with Crippen LogP contribution in [-0.2, 0) is 62.4 Å². The molecule has 3 heterocycles. The van der Waals surface area contributed by atoms with Crippen molar-refractivity contribution in [2.24, 2.45) is 38.7 Å². The summed E-state index contributed by atoms with van der Waals surface area (Å²) in [6.07, 6.45) is 4.53. The molecule has 20 N–H and O–H groups in total. The van der Waals surface area contributed by atoms with E-state index in [4.69, 9.17) is 28.7 Å². The van der Waals surface area contributed by atoms with Crippen molar-refractivity contribution in [3.8, 4) is 0 Å². The smallest absolute Gasteiger partial charge is 0.244 e. The number of rotatable bonds is 18. The number of carbonyl (C=O) groups excluding carboxylic acids is 9. The number of benzene rings is 2. The van der Waals surface area contributed by atoms with Crippen molar-refractivity contribution in [3.63, 3.8) is 0 Å². The van der Waals surface area contributed by atoms with Gasteiger partial charge in [0, 0.05) is 79.8 Å². The third-order valence-electron chi connectivity index (χ3n) is 12.1. The summed E-state index contributed by atoms with van der Waals surface area (Å²) in [6.45, 7) is 2.74. The Morgan fingerprint density at radius 3 is 1.92 bits per heavy atom. The minimum absolute atomic E-state index is 0.0573. The highest BCUT2D eigenvalue weighted by Crippen LogP contribution is 2.24. The summed E-state index contributed by atoms with van der Waals surface area (Å²) >= 11 is 0. The summed E-state index contributed by atoms with van der Waals surface area (Å²) in [5, 5.41) is 22.1. The zero-order valence-electron chi connectivity index (χ0n) is 43.0. The Bertz CT molecular complexity index is 2770. The molecule has 1 aliphatic heterocycles. The lowest BCUT2D eigenvalue weighted by molar-refractivity contribution is -0.135. The number of H-pyrrole nitrogens is 2. The van der Waals surface area contributed by atoms with Crippen LogP contribution in [0.15, 0.2) is 83.3 Å². The van der Waals surface area contributed by atoms with Gasteiger partial charge in [-0.1, -0.05) is 70.1 Å². The highest BCUT2D eigenvalue weighted by atomic mass is 33.1. The Morgan fingerprint density at radius 1 is 0.679 bits per heavy atom. The van der Waals surface area contributed by atoms with Crippen LogP contribution in [0.4, 0.5) is 0 Å². The molecule has 4 aromatic rings. The Kier molecular flexibility index (Phi) is 23.6. The number of nitrogens with one attached hydrogen (secondary N) is 10. The molecule has 0 spiro atoms. The first-order valence-electron chi connectivity index (χ1n) is 24.9. The average molecular weight is 1120 g/mol. The summed E-state index contributed by atoms with van der Waals surface area (Å²) < 4.78 is 0. The molecule has 0 aliphatic carbocycles. The molecule has 5 rings (SSSR count). The van der Waals surface area contributed by atoms with E-state index in [1.807, 2.05) is 18.2 Å². The Labute approximate surface area is 457 Å². The Hall–Kier alpha value is -8.34. The van der Waals surface area contributed by atoms with E-state index in [9.17, 15) is 43.2 Å². The number of aromatic amines is 2. The van der Waals surface area contributed by atoms with Crippen LogP contribution >= 0.6 is 21.6 Å². The lowest BCUT2D eigenvalue weighted by Gasteiger charge is -2.27. The van der Waals surface area contributed by atoms with Crippen LogP contribution in [0.2, 0.25) is 0 Å². The number of carbonyl (C=O) groups is 9. The van der Waals surface area contributed by atoms with Gasteiger partial charge in [0.2, 0.25) is 53.2 Å². The fourth-order valence-corrected chi connectivity index (χ4v) is 10.4. The van der Waals surface area contributed by atoms with Gasteiger partial charge < -0.3 is 81.2 Å². The maximum Gasteiger partial charge on any atom is 0.244 e. The normalized spacial score (nSPS) is 21.7. The second-order valence-electron chi connectivity index (χ2n) is 18.3. The molecule has 1 saturated heterocycles. The van der Waals surface area contributed by atoms with Crippen LogP contribution < -0.4 is 71.2 Å². The predicted molar refractivity (Wildman–Crippen MR) is 295 cm³/mol. The van der Waals surface area contributed by atoms with E-state index in [2.05, 4.69) is 67.5 Å². The number of primary amides is 1. The summed E-state index contributed by atoms with van der Waals surface area (Å²) in [7, 11) is 2.02. The van der Waals surface area contributed by atoms with Crippen molar-refractivity contribution in [1.82, 2.24) is 57.5 Å². The third kappa shape index (κ3) is 19.7. The number of imidazole rings is 1. The largest absolute Gasteiger partial charge is 0.370 e. The highest BCUT2D eigenvalue weighted by molar-refractivity contribution is 8.76. The van der Waals surface area contributed by atoms with Gasteiger partial charge in [0.15, 0.2) is 11.9 Å². The van der Waals surface area contributed by atoms with Crippen molar-refractivity contribution in [3.05, 3.63) is 90.1 Å². The van der Waals surface area contributed by atoms with E-state index in [0.717, 1.165) is 32.5 Å². The first-order valence-corrected chi connectivity index (χ1v) is 27.4. The molecule has 2 aromatic carbocycles. The summed E-state index contributed by atoms with van der Waals surface area (Å²) in [4.78, 5) is 144. The first kappa shape index (κ1) is 60.5. The molecule has 27 nitrogen and oxygen atoms in total. The minimum Gasteiger partial charge on any atom is -0.370 e. The molecular weight excluding hydrogens is 1050 g/mol. The third-order valence-corrected chi connectivity index (χ3v) is 14.5. The van der Waals surface area contributed by atoms with Gasteiger partial charge in [0.1, 0.15) is 48.3 Å². The predicted octanol–water partition coefficient (Wildman–Crippen LogP) is -3.18.